The van der Waals surface area contributed by atoms with Gasteiger partial charge in [-0.2, -0.15) is 5.10 Å². The molecule has 0 atom stereocenters. The van der Waals surface area contributed by atoms with Crippen molar-refractivity contribution in [3.8, 4) is 5.69 Å². The van der Waals surface area contributed by atoms with Gasteiger partial charge < -0.3 is 5.32 Å². The molecule has 0 saturated carbocycles. The number of halogens is 1. The van der Waals surface area contributed by atoms with Crippen LogP contribution in [0, 0.1) is 0 Å². The molecule has 0 saturated heterocycles. The smallest absolute Gasteiger partial charge is 0.0832 e. The summed E-state index contributed by atoms with van der Waals surface area (Å²) in [5.74, 6) is 0.417. The summed E-state index contributed by atoms with van der Waals surface area (Å²) in [6.45, 7) is 11.5. The predicted molar refractivity (Wildman–Crippen MR) is 89.3 cm³/mol. The number of hydrogen-bond acceptors (Lipinski definition) is 2. The molecule has 21 heavy (non-hydrogen) atoms. The summed E-state index contributed by atoms with van der Waals surface area (Å²) < 4.78 is 1.85. The second-order valence-corrected chi connectivity index (χ2v) is 7.14. The molecule has 0 aliphatic rings. The van der Waals surface area contributed by atoms with Crippen LogP contribution in [0.1, 0.15) is 51.8 Å². The van der Waals surface area contributed by atoms with Gasteiger partial charge in [0.25, 0.3) is 0 Å². The SMILES string of the molecule is CC(C)c1ccn(-c2ccc(CNC(C)(C)C)cc2Cl)n1. The summed E-state index contributed by atoms with van der Waals surface area (Å²) in [7, 11) is 0. The quantitative estimate of drug-likeness (QED) is 0.899. The Hall–Kier alpha value is -1.32. The van der Waals surface area contributed by atoms with Gasteiger partial charge >= 0.3 is 0 Å². The largest absolute Gasteiger partial charge is 0.308 e. The summed E-state index contributed by atoms with van der Waals surface area (Å²) in [6, 6.07) is 8.16. The second-order valence-electron chi connectivity index (χ2n) is 6.73. The molecule has 0 unspecified atom stereocenters. The zero-order chi connectivity index (χ0) is 15.6. The average molecular weight is 306 g/mol. The monoisotopic (exact) mass is 305 g/mol. The van der Waals surface area contributed by atoms with Crippen LogP contribution in [0.25, 0.3) is 5.69 Å². The number of nitrogens with one attached hydrogen (secondary N) is 1. The third-order valence-electron chi connectivity index (χ3n) is 3.28. The molecule has 0 fully saturated rings. The average Bonchev–Trinajstić information content (AvgIpc) is 2.85. The van der Waals surface area contributed by atoms with Crippen LogP contribution in [0.5, 0.6) is 0 Å². The normalized spacial score (nSPS) is 12.1. The molecular weight excluding hydrogens is 282 g/mol. The van der Waals surface area contributed by atoms with Crippen molar-refractivity contribution in [1.82, 2.24) is 15.1 Å². The minimum atomic E-state index is 0.0965. The van der Waals surface area contributed by atoms with Crippen LogP contribution in [0.15, 0.2) is 30.5 Å². The Balaban J connectivity index is 2.18. The molecule has 1 aromatic heterocycles. The van der Waals surface area contributed by atoms with Crippen molar-refractivity contribution in [2.75, 3.05) is 0 Å². The molecule has 1 heterocycles. The van der Waals surface area contributed by atoms with Gasteiger partial charge in [0.1, 0.15) is 0 Å². The standard InChI is InChI=1S/C17H24ClN3/c1-12(2)15-8-9-21(20-15)16-7-6-13(10-14(16)18)11-19-17(3,4)5/h6-10,12,19H,11H2,1-5H3. The second kappa shape index (κ2) is 6.20. The van der Waals surface area contributed by atoms with Crippen LogP contribution in [-0.4, -0.2) is 15.3 Å². The molecule has 114 valence electrons. The summed E-state index contributed by atoms with van der Waals surface area (Å²) in [5.41, 5.74) is 3.27. The first-order valence-electron chi connectivity index (χ1n) is 7.35. The highest BCUT2D eigenvalue weighted by Crippen LogP contribution is 2.23. The maximum absolute atomic E-state index is 6.41. The Labute approximate surface area is 132 Å². The lowest BCUT2D eigenvalue weighted by Crippen LogP contribution is -2.35. The summed E-state index contributed by atoms with van der Waals surface area (Å²) >= 11 is 6.41. The molecule has 0 spiro atoms. The van der Waals surface area contributed by atoms with E-state index in [1.807, 2.05) is 29.1 Å². The van der Waals surface area contributed by atoms with Gasteiger partial charge in [0, 0.05) is 18.3 Å². The Morgan fingerprint density at radius 2 is 1.95 bits per heavy atom. The fourth-order valence-corrected chi connectivity index (χ4v) is 2.28. The van der Waals surface area contributed by atoms with Gasteiger partial charge in [-0.25, -0.2) is 4.68 Å². The third kappa shape index (κ3) is 4.32. The Morgan fingerprint density at radius 3 is 2.48 bits per heavy atom. The number of rotatable bonds is 4. The zero-order valence-corrected chi connectivity index (χ0v) is 14.2. The van der Waals surface area contributed by atoms with E-state index in [-0.39, 0.29) is 5.54 Å². The van der Waals surface area contributed by atoms with Crippen molar-refractivity contribution >= 4 is 11.6 Å². The fraction of sp³-hybridized carbons (Fsp3) is 0.471. The lowest BCUT2D eigenvalue weighted by atomic mass is 10.1. The Bertz CT molecular complexity index is 609. The van der Waals surface area contributed by atoms with Gasteiger partial charge in [-0.1, -0.05) is 31.5 Å². The Morgan fingerprint density at radius 1 is 1.24 bits per heavy atom. The molecule has 0 radical (unpaired) electrons. The predicted octanol–water partition coefficient (Wildman–Crippen LogP) is 4.54. The van der Waals surface area contributed by atoms with Crippen LogP contribution >= 0.6 is 11.6 Å². The van der Waals surface area contributed by atoms with Crippen LogP contribution in [0.3, 0.4) is 0 Å². The summed E-state index contributed by atoms with van der Waals surface area (Å²) in [4.78, 5) is 0. The van der Waals surface area contributed by atoms with Gasteiger partial charge in [0.15, 0.2) is 0 Å². The van der Waals surface area contributed by atoms with Crippen LogP contribution in [-0.2, 0) is 6.54 Å². The molecule has 2 rings (SSSR count). The first-order valence-corrected chi connectivity index (χ1v) is 7.73. The van der Waals surface area contributed by atoms with E-state index in [0.717, 1.165) is 22.9 Å². The van der Waals surface area contributed by atoms with Gasteiger partial charge in [0.05, 0.1) is 16.4 Å². The molecule has 3 nitrogen and oxygen atoms in total. The summed E-state index contributed by atoms with van der Waals surface area (Å²) in [5, 5.41) is 8.76. The zero-order valence-electron chi connectivity index (χ0n) is 13.4. The van der Waals surface area contributed by atoms with Gasteiger partial charge in [0.2, 0.25) is 0 Å². The van der Waals surface area contributed by atoms with Crippen LogP contribution in [0.4, 0.5) is 0 Å². The van der Waals surface area contributed by atoms with E-state index >= 15 is 0 Å². The van der Waals surface area contributed by atoms with E-state index in [9.17, 15) is 0 Å². The van der Waals surface area contributed by atoms with E-state index in [1.54, 1.807) is 0 Å². The molecule has 1 N–H and O–H groups in total. The molecule has 4 heteroatoms. The van der Waals surface area contributed by atoms with E-state index < -0.39 is 0 Å². The van der Waals surface area contributed by atoms with Gasteiger partial charge in [-0.3, -0.25) is 0 Å². The lowest BCUT2D eigenvalue weighted by molar-refractivity contribution is 0.424. The number of benzene rings is 1. The van der Waals surface area contributed by atoms with Crippen molar-refractivity contribution in [3.05, 3.63) is 46.7 Å². The van der Waals surface area contributed by atoms with E-state index in [1.165, 1.54) is 5.56 Å². The molecule has 1 aromatic carbocycles. The van der Waals surface area contributed by atoms with Crippen molar-refractivity contribution in [1.29, 1.82) is 0 Å². The highest BCUT2D eigenvalue weighted by atomic mass is 35.5. The van der Waals surface area contributed by atoms with E-state index in [2.05, 4.69) is 51.1 Å². The van der Waals surface area contributed by atoms with Gasteiger partial charge in [-0.15, -0.1) is 0 Å². The maximum atomic E-state index is 6.41. The van der Waals surface area contributed by atoms with Gasteiger partial charge in [-0.05, 0) is 50.5 Å². The molecule has 0 aliphatic heterocycles. The molecule has 0 aliphatic carbocycles. The van der Waals surface area contributed by atoms with Crippen molar-refractivity contribution in [3.63, 3.8) is 0 Å². The number of hydrogen-bond donors (Lipinski definition) is 1. The molecule has 0 bridgehead atoms. The Kier molecular flexibility index (Phi) is 4.74. The first kappa shape index (κ1) is 16.1. The maximum Gasteiger partial charge on any atom is 0.0832 e. The van der Waals surface area contributed by atoms with Crippen molar-refractivity contribution in [2.24, 2.45) is 0 Å². The number of nitrogens with zero attached hydrogens (tertiary/aromatic N) is 2. The van der Waals surface area contributed by atoms with Crippen LogP contribution < -0.4 is 5.32 Å². The summed E-state index contributed by atoms with van der Waals surface area (Å²) in [6.07, 6.45) is 1.96. The fourth-order valence-electron chi connectivity index (χ4n) is 1.99. The highest BCUT2D eigenvalue weighted by Gasteiger charge is 2.11. The number of aromatic nitrogens is 2. The minimum Gasteiger partial charge on any atom is -0.308 e. The minimum absolute atomic E-state index is 0.0965. The molecule has 2 aromatic rings. The third-order valence-corrected chi connectivity index (χ3v) is 3.59. The highest BCUT2D eigenvalue weighted by molar-refractivity contribution is 6.32. The molecular formula is C17H24ClN3. The topological polar surface area (TPSA) is 29.9 Å². The first-order chi connectivity index (χ1) is 9.76. The molecule has 0 amide bonds. The van der Waals surface area contributed by atoms with Crippen molar-refractivity contribution in [2.45, 2.75) is 52.6 Å². The van der Waals surface area contributed by atoms with E-state index in [4.69, 9.17) is 11.6 Å². The van der Waals surface area contributed by atoms with Crippen molar-refractivity contribution < 1.29 is 0 Å². The van der Waals surface area contributed by atoms with E-state index in [0.29, 0.717) is 5.92 Å². The van der Waals surface area contributed by atoms with Crippen LogP contribution in [0.2, 0.25) is 5.02 Å². The lowest BCUT2D eigenvalue weighted by Gasteiger charge is -2.20.